The quantitative estimate of drug-likeness (QED) is 0.902. The Labute approximate surface area is 115 Å². The van der Waals surface area contributed by atoms with E-state index in [2.05, 4.69) is 38.1 Å². The van der Waals surface area contributed by atoms with E-state index in [1.54, 1.807) is 0 Å². The van der Waals surface area contributed by atoms with Crippen molar-refractivity contribution in [1.82, 2.24) is 4.90 Å². The van der Waals surface area contributed by atoms with Gasteiger partial charge in [-0.15, -0.1) is 0 Å². The molecule has 1 aliphatic rings. The fraction of sp³-hybridized carbons (Fsp3) is 0.562. The fourth-order valence-corrected chi connectivity index (χ4v) is 2.91. The Bertz CT molecular complexity index is 458. The number of amides is 1. The Morgan fingerprint density at radius 2 is 2.26 bits per heavy atom. The van der Waals surface area contributed by atoms with Crippen molar-refractivity contribution >= 4 is 5.91 Å². The van der Waals surface area contributed by atoms with E-state index >= 15 is 0 Å². The van der Waals surface area contributed by atoms with Crippen LogP contribution in [0.25, 0.3) is 0 Å². The van der Waals surface area contributed by atoms with Crippen LogP contribution in [0.3, 0.4) is 0 Å². The highest BCUT2D eigenvalue weighted by molar-refractivity contribution is 5.77. The Balaban J connectivity index is 1.95. The number of nitrogens with two attached hydrogens (primary N) is 1. The molecule has 1 aliphatic heterocycles. The van der Waals surface area contributed by atoms with E-state index in [-0.39, 0.29) is 11.4 Å². The van der Waals surface area contributed by atoms with E-state index in [0.717, 1.165) is 25.8 Å². The summed E-state index contributed by atoms with van der Waals surface area (Å²) in [6, 6.07) is 8.37. The van der Waals surface area contributed by atoms with Crippen molar-refractivity contribution in [1.29, 1.82) is 0 Å². The predicted molar refractivity (Wildman–Crippen MR) is 77.9 cm³/mol. The average molecular weight is 260 g/mol. The van der Waals surface area contributed by atoms with Gasteiger partial charge < -0.3 is 10.6 Å². The maximum Gasteiger partial charge on any atom is 0.223 e. The first kappa shape index (κ1) is 14.1. The van der Waals surface area contributed by atoms with Gasteiger partial charge in [-0.2, -0.15) is 0 Å². The Morgan fingerprint density at radius 3 is 2.95 bits per heavy atom. The molecule has 0 saturated carbocycles. The van der Waals surface area contributed by atoms with Crippen molar-refractivity contribution < 1.29 is 4.79 Å². The topological polar surface area (TPSA) is 46.3 Å². The van der Waals surface area contributed by atoms with Crippen LogP contribution in [-0.2, 0) is 11.2 Å². The minimum atomic E-state index is -0.121. The van der Waals surface area contributed by atoms with Crippen LogP contribution in [0.1, 0.15) is 37.3 Å². The van der Waals surface area contributed by atoms with E-state index in [9.17, 15) is 4.79 Å². The molecule has 1 unspecified atom stereocenters. The Hall–Kier alpha value is -1.35. The smallest absolute Gasteiger partial charge is 0.223 e. The third kappa shape index (κ3) is 3.16. The lowest BCUT2D eigenvalue weighted by Crippen LogP contribution is -2.50. The highest BCUT2D eigenvalue weighted by Gasteiger charge is 2.37. The molecule has 1 heterocycles. The number of hydrogen-bond acceptors (Lipinski definition) is 2. The molecule has 1 atom stereocenters. The lowest BCUT2D eigenvalue weighted by molar-refractivity contribution is -0.134. The summed E-state index contributed by atoms with van der Waals surface area (Å²) in [5.74, 6) is 0.243. The molecule has 3 heteroatoms. The molecule has 0 bridgehead atoms. The summed E-state index contributed by atoms with van der Waals surface area (Å²) in [7, 11) is 0. The van der Waals surface area contributed by atoms with Gasteiger partial charge in [-0.3, -0.25) is 4.79 Å². The van der Waals surface area contributed by atoms with Gasteiger partial charge in [0.2, 0.25) is 5.91 Å². The summed E-state index contributed by atoms with van der Waals surface area (Å²) in [5, 5.41) is 0. The average Bonchev–Trinajstić information content (AvgIpc) is 2.79. The second-order valence-electron chi connectivity index (χ2n) is 5.84. The number of rotatable bonds is 4. The van der Waals surface area contributed by atoms with Crippen molar-refractivity contribution in [3.05, 3.63) is 35.4 Å². The lowest BCUT2D eigenvalue weighted by atomic mass is 9.98. The summed E-state index contributed by atoms with van der Waals surface area (Å²) < 4.78 is 0. The Kier molecular flexibility index (Phi) is 4.25. The number of nitrogens with zero attached hydrogens (tertiary/aromatic N) is 1. The van der Waals surface area contributed by atoms with Crippen LogP contribution >= 0.6 is 0 Å². The maximum absolute atomic E-state index is 12.3. The van der Waals surface area contributed by atoms with Gasteiger partial charge in [-0.05, 0) is 38.7 Å². The molecule has 1 amide bonds. The van der Waals surface area contributed by atoms with Gasteiger partial charge in [0, 0.05) is 19.5 Å². The minimum Gasteiger partial charge on any atom is -0.336 e. The maximum atomic E-state index is 12.3. The standard InChI is InChI=1S/C16H24N2O/c1-13-5-3-6-14(11-13)7-8-15(19)18-10-4-9-16(18,2)12-17/h3,5-6,11H,4,7-10,12,17H2,1-2H3. The van der Waals surface area contributed by atoms with Gasteiger partial charge in [0.1, 0.15) is 0 Å². The molecule has 1 aromatic carbocycles. The zero-order valence-corrected chi connectivity index (χ0v) is 12.0. The second kappa shape index (κ2) is 5.74. The largest absolute Gasteiger partial charge is 0.336 e. The number of hydrogen-bond donors (Lipinski definition) is 1. The van der Waals surface area contributed by atoms with Crippen LogP contribution in [0.5, 0.6) is 0 Å². The normalized spacial score (nSPS) is 22.8. The molecule has 2 rings (SSSR count). The van der Waals surface area contributed by atoms with Gasteiger partial charge in [0.25, 0.3) is 0 Å². The first-order chi connectivity index (χ1) is 9.05. The second-order valence-corrected chi connectivity index (χ2v) is 5.84. The molecule has 0 radical (unpaired) electrons. The third-order valence-electron chi connectivity index (χ3n) is 4.20. The van der Waals surface area contributed by atoms with E-state index in [0.29, 0.717) is 13.0 Å². The highest BCUT2D eigenvalue weighted by atomic mass is 16.2. The zero-order valence-electron chi connectivity index (χ0n) is 12.0. The van der Waals surface area contributed by atoms with Gasteiger partial charge in [-0.1, -0.05) is 29.8 Å². The van der Waals surface area contributed by atoms with Crippen molar-refractivity contribution in [3.63, 3.8) is 0 Å². The summed E-state index contributed by atoms with van der Waals surface area (Å²) in [5.41, 5.74) is 8.19. The Morgan fingerprint density at radius 1 is 1.47 bits per heavy atom. The molecule has 104 valence electrons. The number of carbonyl (C=O) groups excluding carboxylic acids is 1. The van der Waals surface area contributed by atoms with E-state index < -0.39 is 0 Å². The molecule has 2 N–H and O–H groups in total. The van der Waals surface area contributed by atoms with Crippen LogP contribution in [-0.4, -0.2) is 29.4 Å². The molecule has 0 aliphatic carbocycles. The van der Waals surface area contributed by atoms with Crippen molar-refractivity contribution in [2.24, 2.45) is 5.73 Å². The molecular weight excluding hydrogens is 236 g/mol. The summed E-state index contributed by atoms with van der Waals surface area (Å²) in [4.78, 5) is 14.3. The first-order valence-electron chi connectivity index (χ1n) is 7.11. The number of likely N-dealkylation sites (tertiary alicyclic amines) is 1. The molecule has 1 aromatic rings. The van der Waals surface area contributed by atoms with Crippen LogP contribution in [0, 0.1) is 6.92 Å². The number of carbonyl (C=O) groups is 1. The molecule has 1 fully saturated rings. The molecule has 0 spiro atoms. The van der Waals surface area contributed by atoms with Crippen molar-refractivity contribution in [3.8, 4) is 0 Å². The number of benzene rings is 1. The highest BCUT2D eigenvalue weighted by Crippen LogP contribution is 2.28. The van der Waals surface area contributed by atoms with Crippen molar-refractivity contribution in [2.45, 2.75) is 45.1 Å². The van der Waals surface area contributed by atoms with Gasteiger partial charge in [0.15, 0.2) is 0 Å². The summed E-state index contributed by atoms with van der Waals surface area (Å²) in [6.07, 6.45) is 3.50. The third-order valence-corrected chi connectivity index (χ3v) is 4.20. The zero-order chi connectivity index (χ0) is 13.9. The molecule has 1 saturated heterocycles. The van der Waals surface area contributed by atoms with Crippen LogP contribution in [0.4, 0.5) is 0 Å². The number of aryl methyl sites for hydroxylation is 2. The molecule has 0 aromatic heterocycles. The van der Waals surface area contributed by atoms with Crippen LogP contribution in [0.15, 0.2) is 24.3 Å². The van der Waals surface area contributed by atoms with Crippen LogP contribution < -0.4 is 5.73 Å². The molecular formula is C16H24N2O. The molecule has 19 heavy (non-hydrogen) atoms. The predicted octanol–water partition coefficient (Wildman–Crippen LogP) is 2.27. The van der Waals surface area contributed by atoms with Gasteiger partial charge in [0.05, 0.1) is 5.54 Å². The van der Waals surface area contributed by atoms with E-state index in [1.807, 2.05) is 4.90 Å². The minimum absolute atomic E-state index is 0.121. The van der Waals surface area contributed by atoms with Crippen LogP contribution in [0.2, 0.25) is 0 Å². The van der Waals surface area contributed by atoms with E-state index in [1.165, 1.54) is 11.1 Å². The summed E-state index contributed by atoms with van der Waals surface area (Å²) >= 11 is 0. The fourth-order valence-electron chi connectivity index (χ4n) is 2.91. The monoisotopic (exact) mass is 260 g/mol. The van der Waals surface area contributed by atoms with Crippen molar-refractivity contribution in [2.75, 3.05) is 13.1 Å². The molecule has 3 nitrogen and oxygen atoms in total. The SMILES string of the molecule is Cc1cccc(CCC(=O)N2CCCC2(C)CN)c1. The van der Waals surface area contributed by atoms with E-state index in [4.69, 9.17) is 5.73 Å². The lowest BCUT2D eigenvalue weighted by Gasteiger charge is -2.34. The van der Waals surface area contributed by atoms with Gasteiger partial charge >= 0.3 is 0 Å². The summed E-state index contributed by atoms with van der Waals surface area (Å²) in [6.45, 7) is 5.60. The first-order valence-corrected chi connectivity index (χ1v) is 7.11. The van der Waals surface area contributed by atoms with Gasteiger partial charge in [-0.25, -0.2) is 0 Å².